The highest BCUT2D eigenvalue weighted by Crippen LogP contribution is 2.53. The van der Waals surface area contributed by atoms with Gasteiger partial charge < -0.3 is 14.5 Å². The number of aryl methyl sites for hydroxylation is 1. The van der Waals surface area contributed by atoms with Crippen molar-refractivity contribution in [2.75, 3.05) is 18.0 Å². The van der Waals surface area contributed by atoms with Crippen LogP contribution < -0.4 is 10.5 Å². The van der Waals surface area contributed by atoms with Crippen molar-refractivity contribution in [3.05, 3.63) is 47.0 Å². The molecule has 150 valence electrons. The number of pyridine rings is 1. The summed E-state index contributed by atoms with van der Waals surface area (Å²) in [6, 6.07) is 9.07. The highest BCUT2D eigenvalue weighted by molar-refractivity contribution is 8.00. The number of piperidine rings is 1. The van der Waals surface area contributed by atoms with Gasteiger partial charge in [0.05, 0.1) is 0 Å². The first-order chi connectivity index (χ1) is 14.1. The molecule has 0 unspecified atom stereocenters. The lowest BCUT2D eigenvalue weighted by atomic mass is 9.93. The summed E-state index contributed by atoms with van der Waals surface area (Å²) in [6.45, 7) is 2.31. The molecule has 2 aromatic heterocycles. The number of anilines is 1. The Morgan fingerprint density at radius 1 is 1.14 bits per heavy atom. The number of rotatable bonds is 4. The third kappa shape index (κ3) is 3.10. The largest absolute Gasteiger partial charge is 0.370 e. The summed E-state index contributed by atoms with van der Waals surface area (Å²) in [7, 11) is 1.86. The minimum atomic E-state index is 0.0358. The van der Waals surface area contributed by atoms with E-state index >= 15 is 0 Å². The Bertz CT molecular complexity index is 1150. The van der Waals surface area contributed by atoms with Gasteiger partial charge in [-0.15, -0.1) is 11.8 Å². The Labute approximate surface area is 175 Å². The number of nitrogens with zero attached hydrogens (tertiary/aromatic N) is 2. The molecule has 0 bridgehead atoms. The van der Waals surface area contributed by atoms with E-state index in [9.17, 15) is 4.79 Å². The third-order valence-corrected chi connectivity index (χ3v) is 8.27. The van der Waals surface area contributed by atoms with Crippen LogP contribution in [-0.2, 0) is 7.05 Å². The zero-order valence-electron chi connectivity index (χ0n) is 16.9. The molecule has 5 heteroatoms. The van der Waals surface area contributed by atoms with Gasteiger partial charge in [0.25, 0.3) is 5.56 Å². The molecule has 0 radical (unpaired) electrons. The zero-order valence-corrected chi connectivity index (χ0v) is 17.7. The molecule has 3 aliphatic rings. The van der Waals surface area contributed by atoms with E-state index in [0.717, 1.165) is 22.7 Å². The summed E-state index contributed by atoms with van der Waals surface area (Å²) in [4.78, 5) is 19.7. The number of nitrogens with one attached hydrogen (secondary N) is 1. The molecular formula is C24H27N3OS. The minimum absolute atomic E-state index is 0.0358. The first-order valence-corrected chi connectivity index (χ1v) is 11.7. The van der Waals surface area contributed by atoms with Gasteiger partial charge in [0.2, 0.25) is 0 Å². The Hall–Kier alpha value is -2.14. The van der Waals surface area contributed by atoms with E-state index in [4.69, 9.17) is 0 Å². The number of aromatic amines is 1. The quantitative estimate of drug-likeness (QED) is 0.651. The van der Waals surface area contributed by atoms with Gasteiger partial charge in [0.15, 0.2) is 0 Å². The van der Waals surface area contributed by atoms with Crippen LogP contribution in [0.3, 0.4) is 0 Å². The molecule has 29 heavy (non-hydrogen) atoms. The number of H-pyrrole nitrogens is 1. The molecule has 1 N–H and O–H groups in total. The van der Waals surface area contributed by atoms with Gasteiger partial charge in [-0.1, -0.05) is 0 Å². The molecular weight excluding hydrogens is 378 g/mol. The fourth-order valence-corrected chi connectivity index (χ4v) is 6.03. The molecule has 1 aliphatic heterocycles. The van der Waals surface area contributed by atoms with E-state index in [1.54, 1.807) is 4.57 Å². The maximum atomic E-state index is 12.6. The highest BCUT2D eigenvalue weighted by atomic mass is 32.2. The summed E-state index contributed by atoms with van der Waals surface area (Å²) >= 11 is 2.01. The maximum absolute atomic E-state index is 12.6. The normalized spacial score (nSPS) is 20.5. The lowest BCUT2D eigenvalue weighted by Gasteiger charge is -2.36. The van der Waals surface area contributed by atoms with Crippen LogP contribution in [0.25, 0.3) is 22.0 Å². The maximum Gasteiger partial charge on any atom is 0.274 e. The minimum Gasteiger partial charge on any atom is -0.370 e. The number of hydrogen-bond acceptors (Lipinski definition) is 3. The topological polar surface area (TPSA) is 41.0 Å². The summed E-state index contributed by atoms with van der Waals surface area (Å²) in [6.07, 6.45) is 12.0. The average molecular weight is 406 g/mol. The van der Waals surface area contributed by atoms with Gasteiger partial charge in [-0.25, -0.2) is 0 Å². The van der Waals surface area contributed by atoms with Crippen molar-refractivity contribution in [2.45, 2.75) is 48.7 Å². The number of thioether (sulfide) groups is 1. The van der Waals surface area contributed by atoms with Gasteiger partial charge in [-0.3, -0.25) is 4.79 Å². The van der Waals surface area contributed by atoms with Crippen molar-refractivity contribution in [2.24, 2.45) is 12.5 Å². The van der Waals surface area contributed by atoms with Crippen molar-refractivity contribution < 1.29 is 0 Å². The molecule has 1 aromatic carbocycles. The third-order valence-electron chi connectivity index (χ3n) is 6.94. The number of benzene rings is 1. The number of aromatic nitrogens is 2. The molecule has 3 aromatic rings. The van der Waals surface area contributed by atoms with E-state index in [-0.39, 0.29) is 5.56 Å². The average Bonchev–Trinajstić information content (AvgIpc) is 3.64. The van der Waals surface area contributed by atoms with E-state index < -0.39 is 0 Å². The smallest absolute Gasteiger partial charge is 0.274 e. The van der Waals surface area contributed by atoms with Crippen LogP contribution in [0.5, 0.6) is 0 Å². The monoisotopic (exact) mass is 405 g/mol. The van der Waals surface area contributed by atoms with E-state index in [1.807, 2.05) is 31.2 Å². The summed E-state index contributed by atoms with van der Waals surface area (Å²) in [5, 5.41) is 1.81. The van der Waals surface area contributed by atoms with Crippen molar-refractivity contribution >= 4 is 28.4 Å². The zero-order chi connectivity index (χ0) is 19.6. The van der Waals surface area contributed by atoms with Crippen molar-refractivity contribution in [3.8, 4) is 11.1 Å². The fourth-order valence-electron chi connectivity index (χ4n) is 4.94. The van der Waals surface area contributed by atoms with Gasteiger partial charge >= 0.3 is 0 Å². The van der Waals surface area contributed by atoms with Crippen LogP contribution in [0, 0.1) is 5.41 Å². The first kappa shape index (κ1) is 17.7. The lowest BCUT2D eigenvalue weighted by Crippen LogP contribution is -2.36. The van der Waals surface area contributed by atoms with Crippen LogP contribution in [0.15, 0.2) is 46.3 Å². The Balaban J connectivity index is 1.52. The second-order valence-electron chi connectivity index (χ2n) is 9.25. The van der Waals surface area contributed by atoms with E-state index in [1.165, 1.54) is 61.2 Å². The van der Waals surface area contributed by atoms with Crippen LogP contribution in [0.1, 0.15) is 38.5 Å². The van der Waals surface area contributed by atoms with Gasteiger partial charge in [-0.05, 0) is 68.2 Å². The molecule has 4 nitrogen and oxygen atoms in total. The van der Waals surface area contributed by atoms with Gasteiger partial charge in [-0.2, -0.15) is 0 Å². The second-order valence-corrected chi connectivity index (χ2v) is 10.6. The Morgan fingerprint density at radius 3 is 2.79 bits per heavy atom. The number of hydrogen-bond donors (Lipinski definition) is 1. The fraction of sp³-hybridized carbons (Fsp3) is 0.458. The standard InChI is InChI=1S/C24H27N3OS/c1-26-14-20(18-7-11-25-22(18)23(26)28)19-13-17(29-16-3-4-16)5-6-21(19)27-12-2-8-24(15-27)9-10-24/h5-7,11,13-14,16,25H,2-4,8-10,12,15H2,1H3. The van der Waals surface area contributed by atoms with E-state index in [2.05, 4.69) is 34.1 Å². The first-order valence-electron chi connectivity index (χ1n) is 10.8. The molecule has 6 rings (SSSR count). The van der Waals surface area contributed by atoms with Crippen LogP contribution in [0.2, 0.25) is 0 Å². The predicted molar refractivity (Wildman–Crippen MR) is 121 cm³/mol. The van der Waals surface area contributed by atoms with Crippen LogP contribution in [0.4, 0.5) is 5.69 Å². The highest BCUT2D eigenvalue weighted by Gasteiger charge is 2.45. The van der Waals surface area contributed by atoms with Crippen molar-refractivity contribution in [1.29, 1.82) is 0 Å². The van der Waals surface area contributed by atoms with E-state index in [0.29, 0.717) is 10.9 Å². The van der Waals surface area contributed by atoms with Crippen LogP contribution in [-0.4, -0.2) is 27.9 Å². The number of fused-ring (bicyclic) bond motifs is 1. The Morgan fingerprint density at radius 2 is 2.00 bits per heavy atom. The van der Waals surface area contributed by atoms with Gasteiger partial charge in [0.1, 0.15) is 5.52 Å². The molecule has 1 saturated heterocycles. The SMILES string of the molecule is Cn1cc(-c2cc(SC3CC3)ccc2N2CCCC3(CC3)C2)c2cc[nH]c2c1=O. The molecule has 0 atom stereocenters. The summed E-state index contributed by atoms with van der Waals surface area (Å²) < 4.78 is 1.72. The molecule has 2 saturated carbocycles. The molecule has 0 amide bonds. The second kappa shape index (κ2) is 6.43. The summed E-state index contributed by atoms with van der Waals surface area (Å²) in [5.41, 5.74) is 5.07. The lowest BCUT2D eigenvalue weighted by molar-refractivity contribution is 0.395. The molecule has 3 fully saturated rings. The van der Waals surface area contributed by atoms with Crippen LogP contribution >= 0.6 is 11.8 Å². The van der Waals surface area contributed by atoms with Crippen molar-refractivity contribution in [1.82, 2.24) is 9.55 Å². The van der Waals surface area contributed by atoms with Crippen molar-refractivity contribution in [3.63, 3.8) is 0 Å². The Kier molecular flexibility index (Phi) is 3.92. The molecule has 3 heterocycles. The molecule has 1 spiro atoms. The summed E-state index contributed by atoms with van der Waals surface area (Å²) in [5.74, 6) is 0. The van der Waals surface area contributed by atoms with Gasteiger partial charge in [0, 0.05) is 64.9 Å². The predicted octanol–water partition coefficient (Wildman–Crippen LogP) is 5.17. The molecule has 2 aliphatic carbocycles.